The maximum Gasteiger partial charge on any atom is 0.243 e. The zero-order valence-corrected chi connectivity index (χ0v) is 16.6. The standard InChI is InChI=1S/C21H19ClN2O3S/c22-17-8-10-18(11-9-17)23-21(25)20-6-3-13-24(20)28(26,27)19-12-7-15-4-1-2-5-16(15)14-19/h1-2,4-5,7-12,14,20H,3,6,13H2,(H,23,25). The lowest BCUT2D eigenvalue weighted by Gasteiger charge is -2.23. The molecule has 28 heavy (non-hydrogen) atoms. The van der Waals surface area contributed by atoms with Gasteiger partial charge in [-0.1, -0.05) is 41.9 Å². The zero-order chi connectivity index (χ0) is 19.7. The molecule has 1 saturated heterocycles. The quantitative estimate of drug-likeness (QED) is 0.692. The van der Waals surface area contributed by atoms with Gasteiger partial charge in [0.15, 0.2) is 0 Å². The molecule has 0 spiro atoms. The SMILES string of the molecule is O=C(Nc1ccc(Cl)cc1)C1CCCN1S(=O)(=O)c1ccc2ccccc2c1. The van der Waals surface area contributed by atoms with Crippen molar-refractivity contribution < 1.29 is 13.2 Å². The summed E-state index contributed by atoms with van der Waals surface area (Å²) in [5.74, 6) is -0.329. The molecular formula is C21H19ClN2O3S. The molecule has 4 rings (SSSR count). The molecule has 3 aromatic rings. The van der Waals surface area contributed by atoms with E-state index in [1.165, 1.54) is 4.31 Å². The smallest absolute Gasteiger partial charge is 0.243 e. The van der Waals surface area contributed by atoms with Crippen LogP contribution < -0.4 is 5.32 Å². The van der Waals surface area contributed by atoms with Crippen molar-refractivity contribution in [2.45, 2.75) is 23.8 Å². The first-order valence-corrected chi connectivity index (χ1v) is 10.8. The van der Waals surface area contributed by atoms with Crippen LogP contribution in [0.25, 0.3) is 10.8 Å². The molecule has 1 N–H and O–H groups in total. The number of carbonyl (C=O) groups is 1. The van der Waals surface area contributed by atoms with E-state index in [4.69, 9.17) is 11.6 Å². The Labute approximate surface area is 169 Å². The molecule has 1 fully saturated rings. The molecule has 1 unspecified atom stereocenters. The number of hydrogen-bond donors (Lipinski definition) is 1. The molecule has 1 atom stereocenters. The van der Waals surface area contributed by atoms with E-state index in [-0.39, 0.29) is 10.8 Å². The second kappa shape index (κ2) is 7.54. The Bertz CT molecular complexity index is 1130. The van der Waals surface area contributed by atoms with Gasteiger partial charge in [-0.15, -0.1) is 0 Å². The zero-order valence-electron chi connectivity index (χ0n) is 15.0. The van der Waals surface area contributed by atoms with Crippen LogP contribution in [0, 0.1) is 0 Å². The van der Waals surface area contributed by atoms with Gasteiger partial charge in [-0.25, -0.2) is 8.42 Å². The first-order chi connectivity index (χ1) is 13.4. The highest BCUT2D eigenvalue weighted by molar-refractivity contribution is 7.89. The van der Waals surface area contributed by atoms with E-state index in [9.17, 15) is 13.2 Å². The number of halogens is 1. The molecule has 0 aromatic heterocycles. The van der Waals surface area contributed by atoms with Gasteiger partial charge in [-0.05, 0) is 60.0 Å². The van der Waals surface area contributed by atoms with E-state index in [0.29, 0.717) is 30.1 Å². The average molecular weight is 415 g/mol. The maximum absolute atomic E-state index is 13.2. The van der Waals surface area contributed by atoms with Crippen molar-refractivity contribution >= 4 is 44.0 Å². The van der Waals surface area contributed by atoms with Crippen LogP contribution in [0.15, 0.2) is 71.6 Å². The third kappa shape index (κ3) is 3.63. The number of carbonyl (C=O) groups excluding carboxylic acids is 1. The number of benzene rings is 3. The van der Waals surface area contributed by atoms with Gasteiger partial charge in [-0.3, -0.25) is 4.79 Å². The van der Waals surface area contributed by atoms with Crippen LogP contribution in [-0.4, -0.2) is 31.2 Å². The molecule has 0 saturated carbocycles. The van der Waals surface area contributed by atoms with Crippen LogP contribution in [0.1, 0.15) is 12.8 Å². The lowest BCUT2D eigenvalue weighted by atomic mass is 10.1. The highest BCUT2D eigenvalue weighted by atomic mass is 35.5. The van der Waals surface area contributed by atoms with E-state index >= 15 is 0 Å². The predicted molar refractivity (Wildman–Crippen MR) is 111 cm³/mol. The Hall–Kier alpha value is -2.41. The van der Waals surface area contributed by atoms with Gasteiger partial charge in [-0.2, -0.15) is 4.31 Å². The first-order valence-electron chi connectivity index (χ1n) is 9.02. The molecule has 0 aliphatic carbocycles. The van der Waals surface area contributed by atoms with Gasteiger partial charge in [0.2, 0.25) is 15.9 Å². The summed E-state index contributed by atoms with van der Waals surface area (Å²) in [4.78, 5) is 13.0. The van der Waals surface area contributed by atoms with E-state index in [1.54, 1.807) is 42.5 Å². The lowest BCUT2D eigenvalue weighted by Crippen LogP contribution is -2.43. The minimum absolute atomic E-state index is 0.206. The predicted octanol–water partition coefficient (Wildman–Crippen LogP) is 4.29. The summed E-state index contributed by atoms with van der Waals surface area (Å²) in [6.45, 7) is 0.327. The highest BCUT2D eigenvalue weighted by Gasteiger charge is 2.39. The molecule has 1 aliphatic rings. The van der Waals surface area contributed by atoms with Crippen molar-refractivity contribution in [2.75, 3.05) is 11.9 Å². The summed E-state index contributed by atoms with van der Waals surface area (Å²) in [5.41, 5.74) is 0.587. The number of fused-ring (bicyclic) bond motifs is 1. The number of nitrogens with zero attached hydrogens (tertiary/aromatic N) is 1. The summed E-state index contributed by atoms with van der Waals surface area (Å²) in [6.07, 6.45) is 1.14. The van der Waals surface area contributed by atoms with Crippen molar-refractivity contribution in [3.8, 4) is 0 Å². The summed E-state index contributed by atoms with van der Waals surface area (Å²) >= 11 is 5.87. The van der Waals surface area contributed by atoms with Crippen LogP contribution >= 0.6 is 11.6 Å². The van der Waals surface area contributed by atoms with Gasteiger partial charge in [0.1, 0.15) is 6.04 Å². The molecule has 0 bridgehead atoms. The molecular weight excluding hydrogens is 396 g/mol. The number of rotatable bonds is 4. The van der Waals surface area contributed by atoms with Gasteiger partial charge in [0, 0.05) is 17.3 Å². The van der Waals surface area contributed by atoms with Crippen LogP contribution in [0.2, 0.25) is 5.02 Å². The van der Waals surface area contributed by atoms with Crippen molar-refractivity contribution in [2.24, 2.45) is 0 Å². The van der Waals surface area contributed by atoms with Gasteiger partial charge in [0.25, 0.3) is 0 Å². The summed E-state index contributed by atoms with van der Waals surface area (Å²) in [7, 11) is -3.77. The fraction of sp³-hybridized carbons (Fsp3) is 0.190. The number of amides is 1. The number of hydrogen-bond acceptors (Lipinski definition) is 3. The largest absolute Gasteiger partial charge is 0.325 e. The third-order valence-corrected chi connectivity index (χ3v) is 7.10. The van der Waals surface area contributed by atoms with E-state index in [0.717, 1.165) is 10.8 Å². The topological polar surface area (TPSA) is 66.5 Å². The van der Waals surface area contributed by atoms with E-state index in [2.05, 4.69) is 5.32 Å². The van der Waals surface area contributed by atoms with Crippen molar-refractivity contribution in [3.05, 3.63) is 71.8 Å². The normalized spacial score (nSPS) is 17.7. The summed E-state index contributed by atoms with van der Waals surface area (Å²) in [6, 6.07) is 18.7. The minimum atomic E-state index is -3.77. The molecule has 144 valence electrons. The molecule has 1 amide bonds. The van der Waals surface area contributed by atoms with Crippen LogP contribution in [0.3, 0.4) is 0 Å². The second-order valence-electron chi connectivity index (χ2n) is 6.78. The monoisotopic (exact) mass is 414 g/mol. The molecule has 0 radical (unpaired) electrons. The van der Waals surface area contributed by atoms with Gasteiger partial charge < -0.3 is 5.32 Å². The Balaban J connectivity index is 1.60. The van der Waals surface area contributed by atoms with E-state index < -0.39 is 16.1 Å². The van der Waals surface area contributed by atoms with Crippen LogP contribution in [0.5, 0.6) is 0 Å². The maximum atomic E-state index is 13.2. The molecule has 1 aliphatic heterocycles. The molecule has 7 heteroatoms. The van der Waals surface area contributed by atoms with E-state index in [1.807, 2.05) is 24.3 Å². The van der Waals surface area contributed by atoms with Crippen molar-refractivity contribution in [1.29, 1.82) is 0 Å². The van der Waals surface area contributed by atoms with Crippen LogP contribution in [0.4, 0.5) is 5.69 Å². The molecule has 1 heterocycles. The Morgan fingerprint density at radius 1 is 1.00 bits per heavy atom. The Kier molecular flexibility index (Phi) is 5.10. The van der Waals surface area contributed by atoms with Gasteiger partial charge in [0.05, 0.1) is 4.90 Å². The highest BCUT2D eigenvalue weighted by Crippen LogP contribution is 2.29. The second-order valence-corrected chi connectivity index (χ2v) is 9.11. The summed E-state index contributed by atoms with van der Waals surface area (Å²) in [5, 5.41) is 5.18. The average Bonchev–Trinajstić information content (AvgIpc) is 3.20. The number of anilines is 1. The molecule has 5 nitrogen and oxygen atoms in total. The molecule has 3 aromatic carbocycles. The number of nitrogens with one attached hydrogen (secondary N) is 1. The third-order valence-electron chi connectivity index (χ3n) is 4.95. The van der Waals surface area contributed by atoms with Crippen molar-refractivity contribution in [3.63, 3.8) is 0 Å². The number of sulfonamides is 1. The first kappa shape index (κ1) is 18.9. The van der Waals surface area contributed by atoms with Crippen LogP contribution in [-0.2, 0) is 14.8 Å². The Morgan fingerprint density at radius 3 is 2.46 bits per heavy atom. The van der Waals surface area contributed by atoms with Gasteiger partial charge >= 0.3 is 0 Å². The van der Waals surface area contributed by atoms with Crippen molar-refractivity contribution in [1.82, 2.24) is 4.31 Å². The Morgan fingerprint density at radius 2 is 1.71 bits per heavy atom. The summed E-state index contributed by atoms with van der Waals surface area (Å²) < 4.78 is 27.7. The lowest BCUT2D eigenvalue weighted by molar-refractivity contribution is -0.119. The minimum Gasteiger partial charge on any atom is -0.325 e. The fourth-order valence-electron chi connectivity index (χ4n) is 3.51. The fourth-order valence-corrected chi connectivity index (χ4v) is 5.33.